The molecule has 2 aliphatic heterocycles. The normalized spacial score (nSPS) is 18.9. The van der Waals surface area contributed by atoms with Crippen LogP contribution in [0.25, 0.3) is 11.5 Å². The van der Waals surface area contributed by atoms with Crippen molar-refractivity contribution in [3.63, 3.8) is 0 Å². The third-order valence-electron chi connectivity index (χ3n) is 5.62. The van der Waals surface area contributed by atoms with E-state index in [0.717, 1.165) is 29.5 Å². The Kier molecular flexibility index (Phi) is 5.15. The highest BCUT2D eigenvalue weighted by atomic mass is 32.2. The maximum Gasteiger partial charge on any atom is 0.247 e. The molecule has 9 heteroatoms. The Hall–Kier alpha value is -2.91. The van der Waals surface area contributed by atoms with Gasteiger partial charge in [0.05, 0.1) is 11.7 Å². The summed E-state index contributed by atoms with van der Waals surface area (Å²) in [5.74, 6) is 2.04. The van der Waals surface area contributed by atoms with Crippen molar-refractivity contribution in [3.05, 3.63) is 59.5 Å². The van der Waals surface area contributed by atoms with Crippen LogP contribution in [0.15, 0.2) is 46.9 Å². The molecule has 8 nitrogen and oxygen atoms in total. The van der Waals surface area contributed by atoms with Crippen molar-refractivity contribution in [1.29, 1.82) is 0 Å². The van der Waals surface area contributed by atoms with E-state index in [9.17, 15) is 8.42 Å². The molecule has 0 N–H and O–H groups in total. The van der Waals surface area contributed by atoms with Crippen LogP contribution in [0.5, 0.6) is 11.5 Å². The van der Waals surface area contributed by atoms with Gasteiger partial charge in [0, 0.05) is 18.7 Å². The van der Waals surface area contributed by atoms with Gasteiger partial charge in [-0.3, -0.25) is 0 Å². The number of aromatic nitrogens is 2. The zero-order chi connectivity index (χ0) is 21.4. The van der Waals surface area contributed by atoms with Gasteiger partial charge in [-0.15, -0.1) is 10.2 Å². The third kappa shape index (κ3) is 4.15. The zero-order valence-electron chi connectivity index (χ0n) is 17.2. The van der Waals surface area contributed by atoms with E-state index in [-0.39, 0.29) is 18.5 Å². The topological polar surface area (TPSA) is 94.8 Å². The molecule has 1 unspecified atom stereocenters. The van der Waals surface area contributed by atoms with Gasteiger partial charge in [-0.05, 0) is 43.5 Å². The molecule has 1 atom stereocenters. The molecule has 0 bridgehead atoms. The first-order chi connectivity index (χ1) is 15.0. The molecular formula is C22H23N3O5S. The number of nitrogens with zero attached hydrogens (tertiary/aromatic N) is 3. The number of sulfonamides is 1. The molecule has 1 fully saturated rings. The van der Waals surface area contributed by atoms with Crippen molar-refractivity contribution in [3.8, 4) is 23.0 Å². The van der Waals surface area contributed by atoms with E-state index >= 15 is 0 Å². The lowest BCUT2D eigenvalue weighted by molar-refractivity contribution is 0.174. The molecule has 162 valence electrons. The number of piperidine rings is 1. The Labute approximate surface area is 180 Å². The third-order valence-corrected chi connectivity index (χ3v) is 7.44. The highest BCUT2D eigenvalue weighted by Crippen LogP contribution is 2.36. The van der Waals surface area contributed by atoms with Crippen molar-refractivity contribution in [2.45, 2.75) is 31.4 Å². The standard InChI is InChI=1S/C22H23N3O5S/c1-15-4-2-5-16(10-15)13-31(26,27)25-9-3-6-18(12-25)22-24-23-21(30-22)17-7-8-19-20(11-17)29-14-28-19/h2,4-5,7-8,10-11,18H,3,6,9,12-14H2,1H3. The van der Waals surface area contributed by atoms with Crippen LogP contribution in [0, 0.1) is 6.92 Å². The second kappa shape index (κ2) is 7.97. The largest absolute Gasteiger partial charge is 0.454 e. The molecular weight excluding hydrogens is 418 g/mol. The average molecular weight is 442 g/mol. The molecule has 5 rings (SSSR count). The first kappa shape index (κ1) is 20.0. The van der Waals surface area contributed by atoms with Crippen molar-refractivity contribution in [1.82, 2.24) is 14.5 Å². The van der Waals surface area contributed by atoms with E-state index in [4.69, 9.17) is 13.9 Å². The fourth-order valence-electron chi connectivity index (χ4n) is 4.05. The van der Waals surface area contributed by atoms with E-state index in [1.807, 2.05) is 43.3 Å². The average Bonchev–Trinajstić information content (AvgIpc) is 3.43. The number of ether oxygens (including phenoxy) is 2. The van der Waals surface area contributed by atoms with Gasteiger partial charge in [0.1, 0.15) is 0 Å². The number of fused-ring (bicyclic) bond motifs is 1. The molecule has 0 amide bonds. The number of rotatable bonds is 5. The molecule has 31 heavy (non-hydrogen) atoms. The predicted molar refractivity (Wildman–Crippen MR) is 113 cm³/mol. The van der Waals surface area contributed by atoms with Gasteiger partial charge in [-0.25, -0.2) is 12.7 Å². The predicted octanol–water partition coefficient (Wildman–Crippen LogP) is 3.48. The molecule has 0 spiro atoms. The van der Waals surface area contributed by atoms with Gasteiger partial charge >= 0.3 is 0 Å². The van der Waals surface area contributed by atoms with Crippen LogP contribution in [-0.4, -0.2) is 42.8 Å². The molecule has 3 heterocycles. The first-order valence-electron chi connectivity index (χ1n) is 10.2. The Morgan fingerprint density at radius 3 is 2.84 bits per heavy atom. The smallest absolute Gasteiger partial charge is 0.247 e. The van der Waals surface area contributed by atoms with Gasteiger partial charge < -0.3 is 13.9 Å². The number of benzene rings is 2. The second-order valence-electron chi connectivity index (χ2n) is 7.96. The van der Waals surface area contributed by atoms with E-state index in [2.05, 4.69) is 10.2 Å². The summed E-state index contributed by atoms with van der Waals surface area (Å²) in [5.41, 5.74) is 2.58. The first-order valence-corrected chi connectivity index (χ1v) is 11.9. The minimum Gasteiger partial charge on any atom is -0.454 e. The monoisotopic (exact) mass is 441 g/mol. The Bertz CT molecular complexity index is 1210. The van der Waals surface area contributed by atoms with Crippen LogP contribution in [0.1, 0.15) is 35.8 Å². The minimum atomic E-state index is -3.43. The van der Waals surface area contributed by atoms with Crippen LogP contribution in [0.3, 0.4) is 0 Å². The molecule has 1 aromatic heterocycles. The summed E-state index contributed by atoms with van der Waals surface area (Å²) in [6, 6.07) is 13.1. The summed E-state index contributed by atoms with van der Waals surface area (Å²) in [5, 5.41) is 8.38. The summed E-state index contributed by atoms with van der Waals surface area (Å²) >= 11 is 0. The molecule has 0 saturated carbocycles. The summed E-state index contributed by atoms with van der Waals surface area (Å²) in [4.78, 5) is 0. The molecule has 3 aromatic rings. The molecule has 2 aliphatic rings. The lowest BCUT2D eigenvalue weighted by Crippen LogP contribution is -2.39. The van der Waals surface area contributed by atoms with Gasteiger partial charge in [-0.1, -0.05) is 29.8 Å². The van der Waals surface area contributed by atoms with Gasteiger partial charge in [0.2, 0.25) is 28.6 Å². The fraction of sp³-hybridized carbons (Fsp3) is 0.364. The lowest BCUT2D eigenvalue weighted by Gasteiger charge is -2.30. The van der Waals surface area contributed by atoms with Crippen LogP contribution in [0.2, 0.25) is 0 Å². The van der Waals surface area contributed by atoms with Crippen LogP contribution in [0.4, 0.5) is 0 Å². The lowest BCUT2D eigenvalue weighted by atomic mass is 10.00. The summed E-state index contributed by atoms with van der Waals surface area (Å²) in [6.07, 6.45) is 1.55. The molecule has 0 radical (unpaired) electrons. The highest BCUT2D eigenvalue weighted by Gasteiger charge is 2.32. The van der Waals surface area contributed by atoms with Crippen LogP contribution in [-0.2, 0) is 15.8 Å². The van der Waals surface area contributed by atoms with E-state index in [1.165, 1.54) is 0 Å². The minimum absolute atomic E-state index is 0.00627. The zero-order valence-corrected chi connectivity index (χ0v) is 18.0. The van der Waals surface area contributed by atoms with Crippen LogP contribution < -0.4 is 9.47 Å². The Balaban J connectivity index is 1.31. The second-order valence-corrected chi connectivity index (χ2v) is 9.92. The van der Waals surface area contributed by atoms with Crippen molar-refractivity contribution < 1.29 is 22.3 Å². The van der Waals surface area contributed by atoms with Gasteiger partial charge in [-0.2, -0.15) is 0 Å². The summed E-state index contributed by atoms with van der Waals surface area (Å²) in [7, 11) is -3.43. The fourth-order valence-corrected chi connectivity index (χ4v) is 5.64. The van der Waals surface area contributed by atoms with E-state index in [0.29, 0.717) is 36.4 Å². The molecule has 2 aromatic carbocycles. The van der Waals surface area contributed by atoms with Crippen molar-refractivity contribution in [2.24, 2.45) is 0 Å². The van der Waals surface area contributed by atoms with Crippen molar-refractivity contribution in [2.75, 3.05) is 19.9 Å². The summed E-state index contributed by atoms with van der Waals surface area (Å²) in [6.45, 7) is 3.01. The van der Waals surface area contributed by atoms with Gasteiger partial charge in [0.25, 0.3) is 0 Å². The Morgan fingerprint density at radius 1 is 1.10 bits per heavy atom. The maximum atomic E-state index is 13.0. The SMILES string of the molecule is Cc1cccc(CS(=O)(=O)N2CCCC(c3nnc(-c4ccc5c(c4)OCO5)o3)C2)c1. The highest BCUT2D eigenvalue weighted by molar-refractivity contribution is 7.88. The summed E-state index contributed by atoms with van der Waals surface area (Å²) < 4.78 is 44.2. The number of hydrogen-bond acceptors (Lipinski definition) is 7. The quantitative estimate of drug-likeness (QED) is 0.598. The van der Waals surface area contributed by atoms with Gasteiger partial charge in [0.15, 0.2) is 11.5 Å². The molecule has 1 saturated heterocycles. The Morgan fingerprint density at radius 2 is 1.97 bits per heavy atom. The van der Waals surface area contributed by atoms with Crippen molar-refractivity contribution >= 4 is 10.0 Å². The molecule has 0 aliphatic carbocycles. The number of aryl methyl sites for hydroxylation is 1. The van der Waals surface area contributed by atoms with E-state index < -0.39 is 10.0 Å². The maximum absolute atomic E-state index is 13.0. The van der Waals surface area contributed by atoms with E-state index in [1.54, 1.807) is 10.4 Å². The van der Waals surface area contributed by atoms with Crippen LogP contribution >= 0.6 is 0 Å². The number of hydrogen-bond donors (Lipinski definition) is 0.